The van der Waals surface area contributed by atoms with Crippen LogP contribution in [0.25, 0.3) is 10.9 Å². The molecule has 2 saturated heterocycles. The fourth-order valence-electron chi connectivity index (χ4n) is 9.02. The summed E-state index contributed by atoms with van der Waals surface area (Å²) in [4.78, 5) is 82.5. The number of hydrogen-bond donors (Lipinski definition) is 4. The van der Waals surface area contributed by atoms with Crippen LogP contribution in [0.2, 0.25) is 0 Å². The average molecular weight is 840 g/mol. The van der Waals surface area contributed by atoms with E-state index in [1.165, 1.54) is 5.06 Å². The summed E-state index contributed by atoms with van der Waals surface area (Å²) in [6, 6.07) is 4.84. The largest absolute Gasteiger partial charge is 0.379 e. The van der Waals surface area contributed by atoms with Crippen molar-refractivity contribution < 1.29 is 38.3 Å². The second-order valence-corrected chi connectivity index (χ2v) is 17.4. The van der Waals surface area contributed by atoms with E-state index >= 15 is 0 Å². The fraction of sp³-hybridized carbons (Fsp3) is 0.711. The maximum absolute atomic E-state index is 14.4. The van der Waals surface area contributed by atoms with Crippen LogP contribution in [0.15, 0.2) is 30.5 Å². The third-order valence-electron chi connectivity index (χ3n) is 12.7. The van der Waals surface area contributed by atoms with Gasteiger partial charge in [0.05, 0.1) is 49.3 Å². The van der Waals surface area contributed by atoms with Gasteiger partial charge in [0.25, 0.3) is 5.91 Å². The number of likely N-dealkylation sites (tertiary alicyclic amines) is 1. The molecule has 0 saturated carbocycles. The van der Waals surface area contributed by atoms with Crippen LogP contribution in [0.1, 0.15) is 92.6 Å². The highest BCUT2D eigenvalue weighted by Gasteiger charge is 2.44. The van der Waals surface area contributed by atoms with Gasteiger partial charge in [0.2, 0.25) is 23.6 Å². The van der Waals surface area contributed by atoms with Crippen molar-refractivity contribution in [2.24, 2.45) is 23.7 Å². The van der Waals surface area contributed by atoms with Crippen LogP contribution in [-0.4, -0.2) is 140 Å². The van der Waals surface area contributed by atoms with Crippen LogP contribution < -0.4 is 16.0 Å². The Bertz CT molecular complexity index is 1730. The second-order valence-electron chi connectivity index (χ2n) is 17.4. The van der Waals surface area contributed by atoms with Crippen LogP contribution >= 0.6 is 0 Å². The van der Waals surface area contributed by atoms with Gasteiger partial charge in [0.1, 0.15) is 12.1 Å². The number of hydroxylamine groups is 2. The lowest BCUT2D eigenvalue weighted by Gasteiger charge is -2.41. The number of benzene rings is 1. The number of fused-ring (bicyclic) bond motifs is 1. The van der Waals surface area contributed by atoms with E-state index in [1.807, 2.05) is 72.0 Å². The molecule has 1 aromatic heterocycles. The fourth-order valence-corrected chi connectivity index (χ4v) is 9.02. The highest BCUT2D eigenvalue weighted by Crippen LogP contribution is 2.30. The van der Waals surface area contributed by atoms with E-state index in [0.717, 1.165) is 42.1 Å². The zero-order valence-electron chi connectivity index (χ0n) is 37.9. The maximum Gasteiger partial charge on any atom is 0.269 e. The van der Waals surface area contributed by atoms with E-state index in [-0.39, 0.29) is 60.1 Å². The molecule has 5 amide bonds. The Morgan fingerprint density at radius 1 is 0.917 bits per heavy atom. The molecule has 336 valence electrons. The Kier molecular flexibility index (Phi) is 18.4. The highest BCUT2D eigenvalue weighted by molar-refractivity contribution is 5.91. The van der Waals surface area contributed by atoms with Crippen molar-refractivity contribution >= 4 is 40.4 Å². The van der Waals surface area contributed by atoms with E-state index in [9.17, 15) is 24.0 Å². The lowest BCUT2D eigenvalue weighted by Crippen LogP contribution is -2.59. The Morgan fingerprint density at radius 3 is 2.22 bits per heavy atom. The molecule has 2 aromatic rings. The second kappa shape index (κ2) is 22.7. The van der Waals surface area contributed by atoms with Crippen LogP contribution in [0.3, 0.4) is 0 Å². The number of H-pyrrole nitrogens is 1. The Balaban J connectivity index is 1.51. The van der Waals surface area contributed by atoms with E-state index in [1.54, 1.807) is 45.0 Å². The van der Waals surface area contributed by atoms with Gasteiger partial charge in [0, 0.05) is 57.9 Å². The average Bonchev–Trinajstić information content (AvgIpc) is 3.89. The third-order valence-corrected chi connectivity index (χ3v) is 12.7. The topological polar surface area (TPSA) is 175 Å². The number of methoxy groups -OCH3 is 2. The molecule has 15 nitrogen and oxygen atoms in total. The number of hydrogen-bond acceptors (Lipinski definition) is 9. The monoisotopic (exact) mass is 840 g/mol. The molecule has 0 radical (unpaired) electrons. The lowest BCUT2D eigenvalue weighted by atomic mass is 9.89. The summed E-state index contributed by atoms with van der Waals surface area (Å²) in [5, 5.41) is 11.4. The number of amides is 5. The van der Waals surface area contributed by atoms with Gasteiger partial charge in [-0.1, -0.05) is 73.1 Å². The number of carbonyl (C=O) groups excluding carboxylic acids is 5. The molecule has 2 aliphatic heterocycles. The number of nitrogens with zero attached hydrogens (tertiary/aromatic N) is 3. The summed E-state index contributed by atoms with van der Waals surface area (Å²) < 4.78 is 12.1. The van der Waals surface area contributed by atoms with Gasteiger partial charge in [-0.15, -0.1) is 0 Å². The molecule has 60 heavy (non-hydrogen) atoms. The van der Waals surface area contributed by atoms with Gasteiger partial charge < -0.3 is 40.2 Å². The first-order valence-corrected chi connectivity index (χ1v) is 22.0. The molecule has 0 aliphatic carbocycles. The predicted molar refractivity (Wildman–Crippen MR) is 231 cm³/mol. The Morgan fingerprint density at radius 2 is 1.62 bits per heavy atom. The number of aromatic nitrogens is 1. The van der Waals surface area contributed by atoms with Crippen molar-refractivity contribution in [3.63, 3.8) is 0 Å². The quantitative estimate of drug-likeness (QED) is 0.145. The molecule has 4 N–H and O–H groups in total. The van der Waals surface area contributed by atoms with Crippen molar-refractivity contribution in [3.05, 3.63) is 36.0 Å². The number of ether oxygens (including phenoxy) is 2. The molecule has 0 spiro atoms. The molecule has 9 atom stereocenters. The van der Waals surface area contributed by atoms with Crippen molar-refractivity contribution in [1.82, 2.24) is 35.8 Å². The number of carbonyl (C=O) groups is 5. The minimum atomic E-state index is -0.890. The molecule has 1 aromatic carbocycles. The van der Waals surface area contributed by atoms with Crippen molar-refractivity contribution in [1.29, 1.82) is 0 Å². The smallest absolute Gasteiger partial charge is 0.269 e. The first-order valence-electron chi connectivity index (χ1n) is 22.0. The van der Waals surface area contributed by atoms with Crippen LogP contribution in [0, 0.1) is 23.7 Å². The minimum Gasteiger partial charge on any atom is -0.379 e. The van der Waals surface area contributed by atoms with Crippen LogP contribution in [0.5, 0.6) is 0 Å². The molecule has 2 fully saturated rings. The van der Waals surface area contributed by atoms with Gasteiger partial charge in [-0.2, -0.15) is 0 Å². The van der Waals surface area contributed by atoms with Crippen molar-refractivity contribution in [2.75, 3.05) is 48.0 Å². The van der Waals surface area contributed by atoms with Gasteiger partial charge >= 0.3 is 0 Å². The van der Waals surface area contributed by atoms with Crippen LogP contribution in [-0.2, 0) is 44.7 Å². The zero-order valence-corrected chi connectivity index (χ0v) is 37.9. The van der Waals surface area contributed by atoms with Crippen molar-refractivity contribution in [3.8, 4) is 0 Å². The van der Waals surface area contributed by atoms with Gasteiger partial charge in [-0.25, -0.2) is 5.06 Å². The molecule has 4 rings (SSSR count). The first-order chi connectivity index (χ1) is 28.6. The summed E-state index contributed by atoms with van der Waals surface area (Å²) in [6.45, 7) is 14.9. The van der Waals surface area contributed by atoms with Gasteiger partial charge in [-0.3, -0.25) is 28.8 Å². The normalized spacial score (nSPS) is 20.0. The third kappa shape index (κ3) is 11.6. The first kappa shape index (κ1) is 48.6. The summed E-state index contributed by atoms with van der Waals surface area (Å²) in [6.07, 6.45) is 4.58. The minimum absolute atomic E-state index is 0.00154. The molecule has 15 heteroatoms. The zero-order chi connectivity index (χ0) is 44.3. The van der Waals surface area contributed by atoms with Crippen LogP contribution in [0.4, 0.5) is 0 Å². The predicted octanol–water partition coefficient (Wildman–Crippen LogP) is 4.05. The standard InChI is InChI=1S/C45H73N7O8/c1-12-29(6)40(50(9)45(57)39(28(4)5)49-43(55)38(46-8)27(2)3)36(58-10)25-37(53)51-21-17-20-35(51)41(59-11)30(7)42(54)48-34(44(56)52-22-15-16-23-60-52)24-31-26-47-33-19-14-13-18-32(31)33/h13-14,18-19,26-30,34-36,38-41,46-47H,12,15-17,20-25H2,1-11H3,(H,48,54)(H,49,55)/t29-,30+,34-,35-,36+,38-,39-,40-,41+/m0/s1. The Hall–Kier alpha value is -4.05. The highest BCUT2D eigenvalue weighted by atomic mass is 16.7. The number of aromatic amines is 1. The Labute approximate surface area is 357 Å². The van der Waals surface area contributed by atoms with E-state index in [0.29, 0.717) is 26.1 Å². The number of para-hydroxylation sites is 1. The van der Waals surface area contributed by atoms with E-state index < -0.39 is 48.3 Å². The van der Waals surface area contributed by atoms with Crippen molar-refractivity contribution in [2.45, 2.75) is 136 Å². The molecule has 0 bridgehead atoms. The summed E-state index contributed by atoms with van der Waals surface area (Å²) >= 11 is 0. The number of rotatable bonds is 21. The summed E-state index contributed by atoms with van der Waals surface area (Å²) in [5.74, 6) is -2.24. The summed E-state index contributed by atoms with van der Waals surface area (Å²) in [7, 11) is 6.56. The number of nitrogens with one attached hydrogen (secondary N) is 4. The van der Waals surface area contributed by atoms with Gasteiger partial charge in [0.15, 0.2) is 0 Å². The lowest BCUT2D eigenvalue weighted by molar-refractivity contribution is -0.199. The number of likely N-dealkylation sites (N-methyl/N-ethyl adjacent to an activating group) is 2. The van der Waals surface area contributed by atoms with E-state index in [2.05, 4.69) is 20.9 Å². The SMILES string of the molecule is CC[C@H](C)[C@@H]([C@@H](CC(=O)N1CCC[C@H]1[C@H](OC)[C@@H](C)C(=O)N[C@@H](Cc1c[nH]c2ccccc12)C(=O)N1CCCCO1)OC)N(C)C(=O)[C@@H](NC(=O)[C@@H](NC)C(C)C)C(C)C. The molecule has 0 unspecified atom stereocenters. The molecule has 2 aliphatic rings. The van der Waals surface area contributed by atoms with Gasteiger partial charge in [-0.05, 0) is 62.1 Å². The van der Waals surface area contributed by atoms with E-state index in [4.69, 9.17) is 14.3 Å². The summed E-state index contributed by atoms with van der Waals surface area (Å²) in [5.41, 5.74) is 1.84. The molecular weight excluding hydrogens is 767 g/mol. The molecular formula is C45H73N7O8. The molecule has 3 heterocycles. The maximum atomic E-state index is 14.4.